The van der Waals surface area contributed by atoms with Gasteiger partial charge in [-0.15, -0.1) is 0 Å². The fraction of sp³-hybridized carbons (Fsp3) is 0.792. The molecule has 0 bridgehead atoms. The lowest BCUT2D eigenvalue weighted by Crippen LogP contribution is -2.62. The molecule has 1 saturated heterocycles. The lowest BCUT2D eigenvalue weighted by Gasteiger charge is -2.62. The Kier molecular flexibility index (Phi) is 3.68. The number of fused-ring (bicyclic) bond motifs is 3. The predicted molar refractivity (Wildman–Crippen MR) is 106 cm³/mol. The van der Waals surface area contributed by atoms with Gasteiger partial charge in [-0.1, -0.05) is 13.8 Å². The van der Waals surface area contributed by atoms with E-state index in [1.165, 1.54) is 6.07 Å². The second-order valence-electron chi connectivity index (χ2n) is 11.1. The van der Waals surface area contributed by atoms with Gasteiger partial charge in [-0.2, -0.15) is 0 Å². The minimum Gasteiger partial charge on any atom is -0.431 e. The Labute approximate surface area is 171 Å². The maximum atomic E-state index is 11.5. The molecule has 0 amide bonds. The summed E-state index contributed by atoms with van der Waals surface area (Å²) < 4.78 is 11.7. The average molecular weight is 401 g/mol. The second-order valence-corrected chi connectivity index (χ2v) is 11.1. The quantitative estimate of drug-likeness (QED) is 0.707. The van der Waals surface area contributed by atoms with Gasteiger partial charge >= 0.3 is 5.63 Å². The van der Waals surface area contributed by atoms with E-state index in [-0.39, 0.29) is 46.3 Å². The molecule has 0 radical (unpaired) electrons. The summed E-state index contributed by atoms with van der Waals surface area (Å²) in [4.78, 5) is 11.5. The summed E-state index contributed by atoms with van der Waals surface area (Å²) in [6.45, 7) is 4.76. The van der Waals surface area contributed by atoms with Crippen LogP contribution in [0.2, 0.25) is 0 Å². The Bertz CT molecular complexity index is 875. The van der Waals surface area contributed by atoms with E-state index in [0.717, 1.165) is 50.5 Å². The van der Waals surface area contributed by atoms with Gasteiger partial charge in [-0.25, -0.2) is 4.79 Å². The summed E-state index contributed by atoms with van der Waals surface area (Å²) in [6, 6.07) is 3.44. The van der Waals surface area contributed by atoms with Gasteiger partial charge < -0.3 is 19.4 Å². The molecule has 0 aromatic carbocycles. The first kappa shape index (κ1) is 18.6. The van der Waals surface area contributed by atoms with E-state index in [4.69, 9.17) is 9.15 Å². The number of aliphatic hydroxyl groups excluding tert-OH is 2. The molecule has 10 atom stereocenters. The van der Waals surface area contributed by atoms with Crippen LogP contribution in [0.3, 0.4) is 0 Å². The number of epoxide rings is 1. The summed E-state index contributed by atoms with van der Waals surface area (Å²) >= 11 is 0. The molecule has 5 aliphatic rings. The highest BCUT2D eigenvalue weighted by Gasteiger charge is 2.81. The maximum Gasteiger partial charge on any atom is 0.335 e. The fourth-order valence-corrected chi connectivity index (χ4v) is 8.70. The normalized spacial score (nSPS) is 55.4. The molecular weight excluding hydrogens is 368 g/mol. The molecule has 1 aromatic rings. The summed E-state index contributed by atoms with van der Waals surface area (Å²) in [6.07, 6.45) is 7.94. The Morgan fingerprint density at radius 3 is 2.66 bits per heavy atom. The van der Waals surface area contributed by atoms with Crippen molar-refractivity contribution in [3.63, 3.8) is 0 Å². The van der Waals surface area contributed by atoms with Crippen LogP contribution < -0.4 is 5.63 Å². The van der Waals surface area contributed by atoms with Crippen LogP contribution in [0.5, 0.6) is 0 Å². The maximum absolute atomic E-state index is 11.5. The van der Waals surface area contributed by atoms with Gasteiger partial charge in [0.1, 0.15) is 5.60 Å². The molecule has 4 aliphatic carbocycles. The largest absolute Gasteiger partial charge is 0.431 e. The molecule has 2 heterocycles. The highest BCUT2D eigenvalue weighted by molar-refractivity contribution is 5.35. The Hall–Kier alpha value is -1.17. The van der Waals surface area contributed by atoms with Gasteiger partial charge in [0.25, 0.3) is 0 Å². The predicted octanol–water partition coefficient (Wildman–Crippen LogP) is 3.23. The minimum atomic E-state index is -0.361. The fourth-order valence-electron chi connectivity index (χ4n) is 8.70. The van der Waals surface area contributed by atoms with Crippen molar-refractivity contribution in [2.45, 2.75) is 88.6 Å². The third kappa shape index (κ3) is 2.19. The summed E-state index contributed by atoms with van der Waals surface area (Å²) in [5, 5.41) is 21.6. The van der Waals surface area contributed by atoms with Crippen LogP contribution in [0, 0.1) is 28.6 Å². The number of hydrogen-bond acceptors (Lipinski definition) is 5. The molecule has 4 saturated carbocycles. The van der Waals surface area contributed by atoms with Gasteiger partial charge in [-0.3, -0.25) is 0 Å². The lowest BCUT2D eigenvalue weighted by atomic mass is 9.43. The van der Waals surface area contributed by atoms with Gasteiger partial charge in [0.05, 0.1) is 24.6 Å². The van der Waals surface area contributed by atoms with E-state index in [0.29, 0.717) is 17.8 Å². The number of aliphatic hydroxyl groups is 2. The molecular formula is C24H32O5. The molecule has 1 aromatic heterocycles. The average Bonchev–Trinajstić information content (AvgIpc) is 3.34. The van der Waals surface area contributed by atoms with Crippen molar-refractivity contribution in [2.75, 3.05) is 0 Å². The molecule has 5 heteroatoms. The monoisotopic (exact) mass is 400 g/mol. The van der Waals surface area contributed by atoms with Crippen molar-refractivity contribution >= 4 is 0 Å². The van der Waals surface area contributed by atoms with Crippen molar-refractivity contribution in [2.24, 2.45) is 28.6 Å². The Morgan fingerprint density at radius 2 is 1.90 bits per heavy atom. The molecule has 158 valence electrons. The lowest BCUT2D eigenvalue weighted by molar-refractivity contribution is -0.182. The summed E-state index contributed by atoms with van der Waals surface area (Å²) in [7, 11) is 0. The Balaban J connectivity index is 1.39. The third-order valence-electron chi connectivity index (χ3n) is 10.2. The SMILES string of the molecule is C[C@]12CC[C@H](O)C[C@H]1C[C@H](O)[C@@H]1[C@@H]2CC[C@]2(C)[C@@H](c3ccc(=O)oc3)C[C@H]3O[C@]132. The second kappa shape index (κ2) is 5.74. The molecule has 29 heavy (non-hydrogen) atoms. The van der Waals surface area contributed by atoms with Crippen LogP contribution in [0.1, 0.15) is 70.3 Å². The number of rotatable bonds is 1. The Morgan fingerprint density at radius 1 is 1.07 bits per heavy atom. The van der Waals surface area contributed by atoms with Crippen LogP contribution in [0.15, 0.2) is 27.6 Å². The molecule has 5 fully saturated rings. The molecule has 1 spiro atoms. The van der Waals surface area contributed by atoms with Crippen LogP contribution in [0.25, 0.3) is 0 Å². The molecule has 5 nitrogen and oxygen atoms in total. The highest BCUT2D eigenvalue weighted by Crippen LogP contribution is 2.77. The van der Waals surface area contributed by atoms with E-state index in [9.17, 15) is 15.0 Å². The number of hydrogen-bond donors (Lipinski definition) is 2. The third-order valence-corrected chi connectivity index (χ3v) is 10.2. The standard InChI is InChI=1S/C24H32O5/c1-22-7-5-15(25)9-14(22)10-18(26)21-16(22)6-8-23(2)17(11-19-24(21,23)29-19)13-3-4-20(27)28-12-13/h3-4,12,14-19,21,25-26H,5-11H2,1-2H3/t14-,15-,16-,17+,18-,19+,21-,22-,23+,24-/m0/s1. The van der Waals surface area contributed by atoms with Gasteiger partial charge in [0, 0.05) is 17.4 Å². The van der Waals surface area contributed by atoms with Crippen LogP contribution in [0.4, 0.5) is 0 Å². The van der Waals surface area contributed by atoms with Crippen molar-refractivity contribution in [1.82, 2.24) is 0 Å². The van der Waals surface area contributed by atoms with Gasteiger partial charge in [0.2, 0.25) is 0 Å². The zero-order valence-corrected chi connectivity index (χ0v) is 17.3. The minimum absolute atomic E-state index is 0.0445. The first-order chi connectivity index (χ1) is 13.8. The van der Waals surface area contributed by atoms with Crippen molar-refractivity contribution in [1.29, 1.82) is 0 Å². The van der Waals surface area contributed by atoms with E-state index in [1.54, 1.807) is 6.26 Å². The first-order valence-electron chi connectivity index (χ1n) is 11.4. The van der Waals surface area contributed by atoms with E-state index in [2.05, 4.69) is 13.8 Å². The van der Waals surface area contributed by atoms with Gasteiger partial charge in [-0.05, 0) is 79.7 Å². The smallest absolute Gasteiger partial charge is 0.335 e. The topological polar surface area (TPSA) is 83.2 Å². The highest BCUT2D eigenvalue weighted by atomic mass is 16.6. The van der Waals surface area contributed by atoms with Crippen LogP contribution in [-0.4, -0.2) is 34.1 Å². The van der Waals surface area contributed by atoms with Crippen molar-refractivity contribution in [3.05, 3.63) is 34.4 Å². The zero-order valence-electron chi connectivity index (χ0n) is 17.3. The van der Waals surface area contributed by atoms with Crippen LogP contribution in [-0.2, 0) is 4.74 Å². The molecule has 0 unspecified atom stereocenters. The van der Waals surface area contributed by atoms with E-state index >= 15 is 0 Å². The van der Waals surface area contributed by atoms with E-state index < -0.39 is 0 Å². The zero-order chi connectivity index (χ0) is 20.2. The molecule has 2 N–H and O–H groups in total. The summed E-state index contributed by atoms with van der Waals surface area (Å²) in [5.74, 6) is 1.33. The van der Waals surface area contributed by atoms with Crippen molar-refractivity contribution in [3.8, 4) is 0 Å². The van der Waals surface area contributed by atoms with Crippen LogP contribution >= 0.6 is 0 Å². The molecule has 6 rings (SSSR count). The van der Waals surface area contributed by atoms with Gasteiger partial charge in [0.15, 0.2) is 0 Å². The first-order valence-corrected chi connectivity index (χ1v) is 11.4. The molecule has 1 aliphatic heterocycles. The number of ether oxygens (including phenoxy) is 1. The van der Waals surface area contributed by atoms with E-state index in [1.807, 2.05) is 6.07 Å². The van der Waals surface area contributed by atoms with Crippen molar-refractivity contribution < 1.29 is 19.4 Å². The summed E-state index contributed by atoms with van der Waals surface area (Å²) in [5.41, 5.74) is 0.679.